The summed E-state index contributed by atoms with van der Waals surface area (Å²) in [6.07, 6.45) is 3.58. The van der Waals surface area contributed by atoms with Crippen molar-refractivity contribution in [2.24, 2.45) is 0 Å². The van der Waals surface area contributed by atoms with Crippen molar-refractivity contribution in [3.8, 4) is 11.8 Å². The van der Waals surface area contributed by atoms with Gasteiger partial charge in [0.15, 0.2) is 0 Å². The van der Waals surface area contributed by atoms with Crippen LogP contribution in [-0.2, 0) is 9.47 Å². The summed E-state index contributed by atoms with van der Waals surface area (Å²) in [6.45, 7) is 5.03. The number of hydrogen-bond acceptors (Lipinski definition) is 4. The second-order valence-electron chi connectivity index (χ2n) is 3.73. The third kappa shape index (κ3) is 9.20. The average Bonchev–Trinajstić information content (AvgIpc) is 2.39. The fourth-order valence-corrected chi connectivity index (χ4v) is 1.27. The van der Waals surface area contributed by atoms with Gasteiger partial charge in [-0.1, -0.05) is 31.3 Å². The highest BCUT2D eigenvalue weighted by Gasteiger charge is 2.03. The molecule has 0 aromatic carbocycles. The van der Waals surface area contributed by atoms with E-state index in [4.69, 9.17) is 19.7 Å². The molecule has 4 heteroatoms. The van der Waals surface area contributed by atoms with Gasteiger partial charge >= 0.3 is 0 Å². The van der Waals surface area contributed by atoms with Gasteiger partial charge in [0.2, 0.25) is 0 Å². The predicted molar refractivity (Wildman–Crippen MR) is 71.2 cm³/mol. The molecule has 0 rings (SSSR count). The van der Waals surface area contributed by atoms with Crippen LogP contribution in [0.15, 0.2) is 11.6 Å². The summed E-state index contributed by atoms with van der Waals surface area (Å²) in [5.74, 6) is 6.06. The van der Waals surface area contributed by atoms with E-state index in [0.29, 0.717) is 19.8 Å². The van der Waals surface area contributed by atoms with E-state index in [-0.39, 0.29) is 19.3 Å². The maximum atomic E-state index is 8.72. The van der Waals surface area contributed by atoms with Crippen molar-refractivity contribution in [3.63, 3.8) is 0 Å². The summed E-state index contributed by atoms with van der Waals surface area (Å²) >= 11 is 0. The Labute approximate surface area is 110 Å². The standard InChI is InChI=1S/C14H24O4/c1-3-5-14(18-11-9-16)7-6-13(4-2)12-17-10-8-15/h4,14-16H,3,5,8-12H2,1-2H3/b13-4+. The first-order valence-corrected chi connectivity index (χ1v) is 6.36. The zero-order valence-electron chi connectivity index (χ0n) is 11.3. The first-order chi connectivity index (χ1) is 8.78. The normalized spacial score (nSPS) is 13.0. The van der Waals surface area contributed by atoms with Crippen LogP contribution >= 0.6 is 0 Å². The highest BCUT2D eigenvalue weighted by Crippen LogP contribution is 2.02. The molecule has 2 N–H and O–H groups in total. The molecule has 0 fully saturated rings. The van der Waals surface area contributed by atoms with Crippen LogP contribution in [0.25, 0.3) is 0 Å². The summed E-state index contributed by atoms with van der Waals surface area (Å²) in [5, 5.41) is 17.3. The van der Waals surface area contributed by atoms with E-state index in [1.54, 1.807) is 0 Å². The summed E-state index contributed by atoms with van der Waals surface area (Å²) in [4.78, 5) is 0. The average molecular weight is 256 g/mol. The number of ether oxygens (including phenoxy) is 2. The molecule has 4 nitrogen and oxygen atoms in total. The fourth-order valence-electron chi connectivity index (χ4n) is 1.27. The Morgan fingerprint density at radius 1 is 1.28 bits per heavy atom. The van der Waals surface area contributed by atoms with E-state index < -0.39 is 0 Å². The minimum Gasteiger partial charge on any atom is -0.394 e. The monoisotopic (exact) mass is 256 g/mol. The SMILES string of the molecule is C/C=C(\C#CC(CCC)OCCO)COCCO. The van der Waals surface area contributed by atoms with Gasteiger partial charge in [-0.15, -0.1) is 0 Å². The molecule has 0 amide bonds. The topological polar surface area (TPSA) is 58.9 Å². The quantitative estimate of drug-likeness (QED) is 0.479. The Hall–Kier alpha value is -0.860. The summed E-state index contributed by atoms with van der Waals surface area (Å²) in [7, 11) is 0. The Morgan fingerprint density at radius 2 is 2.00 bits per heavy atom. The van der Waals surface area contributed by atoms with Crippen LogP contribution in [0.3, 0.4) is 0 Å². The predicted octanol–water partition coefficient (Wildman–Crippen LogP) is 1.12. The molecule has 0 heterocycles. The maximum absolute atomic E-state index is 8.72. The molecular formula is C14H24O4. The highest BCUT2D eigenvalue weighted by atomic mass is 16.5. The first-order valence-electron chi connectivity index (χ1n) is 6.36. The van der Waals surface area contributed by atoms with Crippen LogP contribution in [0.2, 0.25) is 0 Å². The largest absolute Gasteiger partial charge is 0.394 e. The third-order valence-electron chi connectivity index (χ3n) is 2.20. The summed E-state index contributed by atoms with van der Waals surface area (Å²) in [6, 6.07) is 0. The molecule has 0 spiro atoms. The van der Waals surface area contributed by atoms with Crippen LogP contribution in [0, 0.1) is 11.8 Å². The molecule has 0 aliphatic rings. The van der Waals surface area contributed by atoms with Gasteiger partial charge in [0.05, 0.1) is 33.0 Å². The second kappa shape index (κ2) is 12.6. The van der Waals surface area contributed by atoms with Gasteiger partial charge in [-0.05, 0) is 13.3 Å². The Balaban J connectivity index is 4.25. The van der Waals surface area contributed by atoms with Gasteiger partial charge in [0, 0.05) is 5.57 Å². The van der Waals surface area contributed by atoms with Gasteiger partial charge < -0.3 is 19.7 Å². The van der Waals surface area contributed by atoms with E-state index in [2.05, 4.69) is 18.8 Å². The summed E-state index contributed by atoms with van der Waals surface area (Å²) in [5.41, 5.74) is 0.872. The number of hydrogen-bond donors (Lipinski definition) is 2. The first kappa shape index (κ1) is 17.1. The molecule has 0 bridgehead atoms. The highest BCUT2D eigenvalue weighted by molar-refractivity contribution is 5.29. The minimum absolute atomic E-state index is 0.0119. The van der Waals surface area contributed by atoms with Gasteiger partial charge in [-0.25, -0.2) is 0 Å². The molecular weight excluding hydrogens is 232 g/mol. The van der Waals surface area contributed by atoms with Crippen LogP contribution < -0.4 is 0 Å². The Morgan fingerprint density at radius 3 is 2.56 bits per heavy atom. The minimum atomic E-state index is -0.144. The Kier molecular flexibility index (Phi) is 12.0. The van der Waals surface area contributed by atoms with Crippen molar-refractivity contribution in [2.75, 3.05) is 33.0 Å². The van der Waals surface area contributed by atoms with Gasteiger partial charge in [-0.3, -0.25) is 0 Å². The number of aliphatic hydroxyl groups is 2. The lowest BCUT2D eigenvalue weighted by Crippen LogP contribution is -2.13. The van der Waals surface area contributed by atoms with Gasteiger partial charge in [0.25, 0.3) is 0 Å². The van der Waals surface area contributed by atoms with E-state index in [1.807, 2.05) is 13.0 Å². The van der Waals surface area contributed by atoms with E-state index in [1.165, 1.54) is 0 Å². The lowest BCUT2D eigenvalue weighted by atomic mass is 10.2. The van der Waals surface area contributed by atoms with Crippen LogP contribution in [0.5, 0.6) is 0 Å². The van der Waals surface area contributed by atoms with Gasteiger partial charge in [-0.2, -0.15) is 0 Å². The van der Waals surface area contributed by atoms with E-state index in [9.17, 15) is 0 Å². The molecule has 104 valence electrons. The van der Waals surface area contributed by atoms with Crippen molar-refractivity contribution in [1.29, 1.82) is 0 Å². The molecule has 0 aliphatic carbocycles. The zero-order chi connectivity index (χ0) is 13.6. The Bertz CT molecular complexity index is 275. The lowest BCUT2D eigenvalue weighted by molar-refractivity contribution is 0.0549. The number of allylic oxidation sites excluding steroid dienone is 1. The molecule has 0 radical (unpaired) electrons. The summed E-state index contributed by atoms with van der Waals surface area (Å²) < 4.78 is 10.6. The van der Waals surface area contributed by atoms with Crippen molar-refractivity contribution in [3.05, 3.63) is 11.6 Å². The lowest BCUT2D eigenvalue weighted by Gasteiger charge is -2.09. The van der Waals surface area contributed by atoms with Crippen LogP contribution in [0.1, 0.15) is 26.7 Å². The van der Waals surface area contributed by atoms with Crippen LogP contribution in [-0.4, -0.2) is 49.4 Å². The van der Waals surface area contributed by atoms with E-state index >= 15 is 0 Å². The molecule has 0 saturated heterocycles. The smallest absolute Gasteiger partial charge is 0.118 e. The zero-order valence-corrected chi connectivity index (χ0v) is 11.3. The second-order valence-corrected chi connectivity index (χ2v) is 3.73. The van der Waals surface area contributed by atoms with Crippen molar-refractivity contribution >= 4 is 0 Å². The molecule has 1 atom stereocenters. The van der Waals surface area contributed by atoms with Crippen molar-refractivity contribution < 1.29 is 19.7 Å². The molecule has 1 unspecified atom stereocenters. The molecule has 0 aromatic heterocycles. The van der Waals surface area contributed by atoms with Crippen molar-refractivity contribution in [1.82, 2.24) is 0 Å². The fraction of sp³-hybridized carbons (Fsp3) is 0.714. The molecule has 18 heavy (non-hydrogen) atoms. The van der Waals surface area contributed by atoms with Crippen LogP contribution in [0.4, 0.5) is 0 Å². The maximum Gasteiger partial charge on any atom is 0.118 e. The number of aliphatic hydroxyl groups excluding tert-OH is 2. The number of rotatable bonds is 9. The van der Waals surface area contributed by atoms with E-state index in [0.717, 1.165) is 18.4 Å². The molecule has 0 saturated carbocycles. The molecule has 0 aliphatic heterocycles. The molecule has 0 aromatic rings. The van der Waals surface area contributed by atoms with Gasteiger partial charge in [0.1, 0.15) is 6.10 Å². The third-order valence-corrected chi connectivity index (χ3v) is 2.20. The van der Waals surface area contributed by atoms with Crippen molar-refractivity contribution in [2.45, 2.75) is 32.8 Å².